The van der Waals surface area contributed by atoms with Crippen LogP contribution in [0.15, 0.2) is 66.2 Å². The first-order chi connectivity index (χ1) is 16.4. The Morgan fingerprint density at radius 1 is 1.12 bits per heavy atom. The van der Waals surface area contributed by atoms with Crippen molar-refractivity contribution < 1.29 is 23.4 Å². The van der Waals surface area contributed by atoms with Gasteiger partial charge in [-0.2, -0.15) is 5.26 Å². The molecule has 0 saturated carbocycles. The van der Waals surface area contributed by atoms with E-state index in [-0.39, 0.29) is 18.0 Å². The largest absolute Gasteiger partial charge is 0.497 e. The molecule has 6 nitrogen and oxygen atoms in total. The Hall–Kier alpha value is -3.58. The van der Waals surface area contributed by atoms with Gasteiger partial charge in [0, 0.05) is 5.69 Å². The molecule has 174 valence electrons. The molecule has 0 aliphatic carbocycles. The summed E-state index contributed by atoms with van der Waals surface area (Å²) in [5.41, 5.74) is 1.91. The molecule has 1 amide bonds. The molecular formula is C26H22FIN2O4. The lowest BCUT2D eigenvalue weighted by atomic mass is 10.1. The van der Waals surface area contributed by atoms with Crippen molar-refractivity contribution in [3.05, 3.63) is 86.8 Å². The number of ether oxygens (including phenoxy) is 3. The molecule has 3 rings (SSSR count). The quantitative estimate of drug-likeness (QED) is 0.195. The van der Waals surface area contributed by atoms with Gasteiger partial charge in [-0.15, -0.1) is 0 Å². The van der Waals surface area contributed by atoms with E-state index >= 15 is 0 Å². The summed E-state index contributed by atoms with van der Waals surface area (Å²) < 4.78 is 30.7. The van der Waals surface area contributed by atoms with E-state index in [1.807, 2.05) is 13.0 Å². The maximum absolute atomic E-state index is 13.1. The van der Waals surface area contributed by atoms with Crippen LogP contribution in [0.4, 0.5) is 10.1 Å². The lowest BCUT2D eigenvalue weighted by molar-refractivity contribution is -0.112. The van der Waals surface area contributed by atoms with E-state index in [2.05, 4.69) is 27.9 Å². The van der Waals surface area contributed by atoms with Gasteiger partial charge in [0.05, 0.1) is 17.3 Å². The van der Waals surface area contributed by atoms with Crippen LogP contribution < -0.4 is 19.5 Å². The first-order valence-corrected chi connectivity index (χ1v) is 11.4. The Labute approximate surface area is 211 Å². The summed E-state index contributed by atoms with van der Waals surface area (Å²) in [5, 5.41) is 12.3. The number of carbonyl (C=O) groups is 1. The fourth-order valence-electron chi connectivity index (χ4n) is 3.00. The summed E-state index contributed by atoms with van der Waals surface area (Å²) >= 11 is 2.11. The van der Waals surface area contributed by atoms with Crippen LogP contribution in [0, 0.1) is 20.7 Å². The van der Waals surface area contributed by atoms with Crippen molar-refractivity contribution >= 4 is 40.3 Å². The third-order valence-electron chi connectivity index (χ3n) is 4.65. The minimum absolute atomic E-state index is 0.0611. The third kappa shape index (κ3) is 6.71. The Balaban J connectivity index is 1.81. The summed E-state index contributed by atoms with van der Waals surface area (Å²) in [6.07, 6.45) is 1.49. The van der Waals surface area contributed by atoms with Crippen molar-refractivity contribution in [2.75, 3.05) is 19.0 Å². The zero-order valence-electron chi connectivity index (χ0n) is 18.6. The molecule has 3 aromatic rings. The lowest BCUT2D eigenvalue weighted by Gasteiger charge is -2.15. The first kappa shape index (κ1) is 25.1. The van der Waals surface area contributed by atoms with Crippen LogP contribution >= 0.6 is 22.6 Å². The van der Waals surface area contributed by atoms with Crippen molar-refractivity contribution in [3.8, 4) is 23.3 Å². The number of rotatable bonds is 9. The summed E-state index contributed by atoms with van der Waals surface area (Å²) in [6.45, 7) is 2.49. The number of halogens is 2. The van der Waals surface area contributed by atoms with Crippen molar-refractivity contribution in [1.82, 2.24) is 0 Å². The molecule has 0 radical (unpaired) electrons. The number of hydrogen-bond acceptors (Lipinski definition) is 5. The average molecular weight is 572 g/mol. The number of nitriles is 1. The molecule has 1 N–H and O–H groups in total. The molecule has 0 atom stereocenters. The van der Waals surface area contributed by atoms with Gasteiger partial charge in [-0.05, 0) is 95.2 Å². The second-order valence-corrected chi connectivity index (χ2v) is 8.19. The van der Waals surface area contributed by atoms with Crippen LogP contribution in [0.2, 0.25) is 0 Å². The van der Waals surface area contributed by atoms with Gasteiger partial charge in [0.15, 0.2) is 11.5 Å². The maximum atomic E-state index is 13.1. The summed E-state index contributed by atoms with van der Waals surface area (Å²) in [5.74, 6) is 0.834. The van der Waals surface area contributed by atoms with Crippen molar-refractivity contribution in [1.29, 1.82) is 5.26 Å². The van der Waals surface area contributed by atoms with Crippen LogP contribution in [0.5, 0.6) is 17.2 Å². The zero-order valence-corrected chi connectivity index (χ0v) is 20.8. The van der Waals surface area contributed by atoms with E-state index in [1.165, 1.54) is 18.2 Å². The van der Waals surface area contributed by atoms with Gasteiger partial charge in [0.1, 0.15) is 29.8 Å². The van der Waals surface area contributed by atoms with Crippen molar-refractivity contribution in [2.24, 2.45) is 0 Å². The van der Waals surface area contributed by atoms with Crippen LogP contribution in [-0.2, 0) is 11.4 Å². The van der Waals surface area contributed by atoms with Crippen LogP contribution in [-0.4, -0.2) is 19.6 Å². The second kappa shape index (κ2) is 12.0. The van der Waals surface area contributed by atoms with Crippen LogP contribution in [0.3, 0.4) is 0 Å². The van der Waals surface area contributed by atoms with Gasteiger partial charge >= 0.3 is 0 Å². The van der Waals surface area contributed by atoms with Crippen molar-refractivity contribution in [2.45, 2.75) is 13.5 Å². The molecular weight excluding hydrogens is 550 g/mol. The van der Waals surface area contributed by atoms with Gasteiger partial charge in [-0.25, -0.2) is 4.39 Å². The molecule has 0 saturated heterocycles. The minimum atomic E-state index is -0.530. The van der Waals surface area contributed by atoms with Gasteiger partial charge < -0.3 is 19.5 Å². The van der Waals surface area contributed by atoms with Gasteiger partial charge in [0.2, 0.25) is 0 Å². The van der Waals surface area contributed by atoms with Crippen LogP contribution in [0.1, 0.15) is 18.1 Å². The molecule has 34 heavy (non-hydrogen) atoms. The highest BCUT2D eigenvalue weighted by molar-refractivity contribution is 14.1. The Morgan fingerprint density at radius 3 is 2.44 bits per heavy atom. The highest BCUT2D eigenvalue weighted by Crippen LogP contribution is 2.35. The van der Waals surface area contributed by atoms with Crippen LogP contribution in [0.25, 0.3) is 6.08 Å². The third-order valence-corrected chi connectivity index (χ3v) is 5.45. The smallest absolute Gasteiger partial charge is 0.266 e. The van der Waals surface area contributed by atoms with E-state index in [0.717, 1.165) is 9.13 Å². The average Bonchev–Trinajstić information content (AvgIpc) is 2.83. The molecule has 0 heterocycles. The van der Waals surface area contributed by atoms with Gasteiger partial charge in [-0.3, -0.25) is 4.79 Å². The number of amides is 1. The molecule has 0 spiro atoms. The zero-order chi connectivity index (χ0) is 24.5. The van der Waals surface area contributed by atoms with E-state index in [4.69, 9.17) is 14.2 Å². The highest BCUT2D eigenvalue weighted by atomic mass is 127. The highest BCUT2D eigenvalue weighted by Gasteiger charge is 2.15. The molecule has 0 bridgehead atoms. The summed E-state index contributed by atoms with van der Waals surface area (Å²) in [4.78, 5) is 12.6. The first-order valence-electron chi connectivity index (χ1n) is 10.3. The summed E-state index contributed by atoms with van der Waals surface area (Å²) in [6, 6.07) is 18.3. The predicted molar refractivity (Wildman–Crippen MR) is 136 cm³/mol. The number of carbonyl (C=O) groups excluding carboxylic acids is 1. The number of hydrogen-bond donors (Lipinski definition) is 1. The molecule has 0 aliphatic rings. The normalized spacial score (nSPS) is 10.9. The van der Waals surface area contributed by atoms with E-state index < -0.39 is 5.91 Å². The fraction of sp³-hybridized carbons (Fsp3) is 0.154. The van der Waals surface area contributed by atoms with Crippen molar-refractivity contribution in [3.63, 3.8) is 0 Å². The molecule has 8 heteroatoms. The molecule has 0 unspecified atom stereocenters. The van der Waals surface area contributed by atoms with Gasteiger partial charge in [-0.1, -0.05) is 12.1 Å². The van der Waals surface area contributed by atoms with E-state index in [0.29, 0.717) is 35.1 Å². The Bertz CT molecular complexity index is 1220. The fourth-order valence-corrected chi connectivity index (χ4v) is 3.78. The summed E-state index contributed by atoms with van der Waals surface area (Å²) in [7, 11) is 1.56. The molecule has 0 fully saturated rings. The van der Waals surface area contributed by atoms with Gasteiger partial charge in [0.25, 0.3) is 5.91 Å². The number of methoxy groups -OCH3 is 1. The van der Waals surface area contributed by atoms with E-state index in [9.17, 15) is 14.4 Å². The molecule has 0 aliphatic heterocycles. The van der Waals surface area contributed by atoms with E-state index in [1.54, 1.807) is 55.6 Å². The SMILES string of the molecule is CCOc1cc(/C=C(\C#N)C(=O)Nc2ccc(OC)cc2)cc(I)c1OCc1ccc(F)cc1. The monoisotopic (exact) mass is 572 g/mol. The number of nitrogens with zero attached hydrogens (tertiary/aromatic N) is 1. The second-order valence-electron chi connectivity index (χ2n) is 7.03. The standard InChI is InChI=1S/C26H22FIN2O4/c1-3-33-24-14-18(13-23(28)25(24)34-16-17-4-6-20(27)7-5-17)12-19(15-29)26(31)30-21-8-10-22(32-2)11-9-21/h4-14H,3,16H2,1-2H3,(H,30,31)/b19-12+. The number of anilines is 1. The molecule has 3 aromatic carbocycles. The maximum Gasteiger partial charge on any atom is 0.266 e. The predicted octanol–water partition coefficient (Wildman–Crippen LogP) is 5.96. The Kier molecular flexibility index (Phi) is 8.87. The minimum Gasteiger partial charge on any atom is -0.497 e. The topological polar surface area (TPSA) is 80.6 Å². The Morgan fingerprint density at radius 2 is 1.82 bits per heavy atom. The number of nitrogens with one attached hydrogen (secondary N) is 1. The number of benzene rings is 3. The molecule has 0 aromatic heterocycles. The lowest BCUT2D eigenvalue weighted by Crippen LogP contribution is -2.13.